The summed E-state index contributed by atoms with van der Waals surface area (Å²) in [7, 11) is 2.42. The second kappa shape index (κ2) is 6.06. The first-order valence-electron chi connectivity index (χ1n) is 4.89. The van der Waals surface area contributed by atoms with E-state index in [1.165, 1.54) is 44.9 Å². The molecule has 1 heterocycles. The van der Waals surface area contributed by atoms with Crippen LogP contribution in [0.4, 0.5) is 0 Å². The van der Waals surface area contributed by atoms with Gasteiger partial charge in [0.2, 0.25) is 0 Å². The van der Waals surface area contributed by atoms with Crippen molar-refractivity contribution in [2.24, 2.45) is 0 Å². The maximum Gasteiger partial charge on any atom is 0.0110 e. The molecule has 1 aliphatic rings. The molecule has 0 amide bonds. The van der Waals surface area contributed by atoms with Crippen LogP contribution in [-0.2, 0) is 20.6 Å². The summed E-state index contributed by atoms with van der Waals surface area (Å²) in [5, 5.41) is 0. The van der Waals surface area contributed by atoms with E-state index in [0.717, 1.165) is 0 Å². The quantitative estimate of drug-likeness (QED) is 0.674. The van der Waals surface area contributed by atoms with Gasteiger partial charge in [-0.25, -0.2) is 0 Å². The third-order valence-corrected chi connectivity index (χ3v) is 3.87. The van der Waals surface area contributed by atoms with E-state index in [1.54, 1.807) is 0 Å². The summed E-state index contributed by atoms with van der Waals surface area (Å²) in [5.74, 6) is 1.22. The van der Waals surface area contributed by atoms with E-state index in [9.17, 15) is 0 Å². The van der Waals surface area contributed by atoms with Crippen LogP contribution in [-0.4, -0.2) is 61.6 Å². The first-order chi connectivity index (χ1) is 6.18. The van der Waals surface area contributed by atoms with Gasteiger partial charge in [-0.15, -0.1) is 9.45 Å². The van der Waals surface area contributed by atoms with Crippen molar-refractivity contribution in [3.63, 3.8) is 0 Å². The molecule has 0 aromatic heterocycles. The van der Waals surface area contributed by atoms with Crippen LogP contribution < -0.4 is 0 Å². The molecule has 0 aliphatic carbocycles. The van der Waals surface area contributed by atoms with Gasteiger partial charge < -0.3 is 9.80 Å². The van der Waals surface area contributed by atoms with Crippen molar-refractivity contribution < 1.29 is 0 Å². The SMILES string of the molecule is CN1CCN(CCCS(C)=S)CC1. The predicted octanol–water partition coefficient (Wildman–Crippen LogP) is 0.334. The van der Waals surface area contributed by atoms with Crippen LogP contribution in [0.3, 0.4) is 0 Å². The lowest BCUT2D eigenvalue weighted by atomic mass is 10.3. The maximum atomic E-state index is 5.17. The van der Waals surface area contributed by atoms with Crippen LogP contribution in [0, 0.1) is 0 Å². The van der Waals surface area contributed by atoms with Crippen molar-refractivity contribution in [1.82, 2.24) is 9.80 Å². The Kier molecular flexibility index (Phi) is 5.39. The third-order valence-electron chi connectivity index (χ3n) is 2.50. The predicted molar refractivity (Wildman–Crippen MR) is 64.1 cm³/mol. The van der Waals surface area contributed by atoms with Crippen molar-refractivity contribution in [2.75, 3.05) is 51.8 Å². The number of piperazine rings is 1. The summed E-state index contributed by atoms with van der Waals surface area (Å²) in [6, 6.07) is 0. The zero-order valence-corrected chi connectivity index (χ0v) is 10.3. The molecule has 0 bridgehead atoms. The molecule has 4 heteroatoms. The average Bonchev–Trinajstić information content (AvgIpc) is 2.08. The summed E-state index contributed by atoms with van der Waals surface area (Å²) in [6.07, 6.45) is 3.44. The molecule has 1 saturated heterocycles. The standard InChI is InChI=1S/C9H20N2S2/c1-10-5-7-11(8-6-10)4-3-9-13(2)12/h3-9H2,1-2H3. The Morgan fingerprint density at radius 1 is 1.23 bits per heavy atom. The number of rotatable bonds is 4. The molecular weight excluding hydrogens is 200 g/mol. The summed E-state index contributed by atoms with van der Waals surface area (Å²) in [6.45, 7) is 6.19. The lowest BCUT2D eigenvalue weighted by molar-refractivity contribution is 0.154. The number of likely N-dealkylation sites (N-methyl/N-ethyl adjacent to an activating group) is 1. The molecule has 78 valence electrons. The van der Waals surface area contributed by atoms with Crippen LogP contribution >= 0.6 is 0 Å². The summed E-state index contributed by atoms with van der Waals surface area (Å²) in [5.41, 5.74) is 0. The Bertz CT molecular complexity index is 165. The highest BCUT2D eigenvalue weighted by Gasteiger charge is 2.12. The number of hydrogen-bond acceptors (Lipinski definition) is 3. The van der Waals surface area contributed by atoms with Gasteiger partial charge in [-0.2, -0.15) is 0 Å². The fourth-order valence-electron chi connectivity index (χ4n) is 1.56. The molecule has 0 radical (unpaired) electrons. The van der Waals surface area contributed by atoms with Gasteiger partial charge in [-0.1, -0.05) is 11.2 Å². The molecule has 0 spiro atoms. The first-order valence-corrected chi connectivity index (χ1v) is 7.62. The van der Waals surface area contributed by atoms with Crippen LogP contribution in [0.5, 0.6) is 0 Å². The Labute approximate surface area is 88.9 Å². The highest BCUT2D eigenvalue weighted by Crippen LogP contribution is 2.00. The van der Waals surface area contributed by atoms with Crippen molar-refractivity contribution in [3.05, 3.63) is 0 Å². The zero-order valence-electron chi connectivity index (χ0n) is 8.66. The highest BCUT2D eigenvalue weighted by molar-refractivity contribution is 8.28. The molecule has 1 aliphatic heterocycles. The number of hydrogen-bond donors (Lipinski definition) is 0. The van der Waals surface area contributed by atoms with Gasteiger partial charge in [0.05, 0.1) is 0 Å². The topological polar surface area (TPSA) is 6.48 Å². The minimum absolute atomic E-state index is 0.219. The Morgan fingerprint density at radius 2 is 1.85 bits per heavy atom. The molecule has 0 saturated carbocycles. The highest BCUT2D eigenvalue weighted by atomic mass is 32.8. The second-order valence-electron chi connectivity index (χ2n) is 3.78. The average molecular weight is 220 g/mol. The lowest BCUT2D eigenvalue weighted by Gasteiger charge is -2.32. The molecule has 1 unspecified atom stereocenters. The Balaban J connectivity index is 2.05. The first kappa shape index (κ1) is 11.6. The largest absolute Gasteiger partial charge is 0.304 e. The third kappa shape index (κ3) is 5.05. The lowest BCUT2D eigenvalue weighted by Crippen LogP contribution is -2.44. The molecule has 13 heavy (non-hydrogen) atoms. The van der Waals surface area contributed by atoms with Gasteiger partial charge in [-0.3, -0.25) is 0 Å². The normalized spacial score (nSPS) is 23.2. The molecule has 1 atom stereocenters. The monoisotopic (exact) mass is 220 g/mol. The van der Waals surface area contributed by atoms with Gasteiger partial charge in [-0.05, 0) is 32.0 Å². The molecule has 0 aromatic carbocycles. The maximum absolute atomic E-state index is 5.17. The summed E-state index contributed by atoms with van der Waals surface area (Å²) < 4.78 is 0. The fraction of sp³-hybridized carbons (Fsp3) is 1.00. The van der Waals surface area contributed by atoms with Crippen LogP contribution in [0.15, 0.2) is 0 Å². The van der Waals surface area contributed by atoms with Crippen molar-refractivity contribution in [2.45, 2.75) is 6.42 Å². The smallest absolute Gasteiger partial charge is 0.0110 e. The van der Waals surface area contributed by atoms with E-state index in [1.807, 2.05) is 0 Å². The van der Waals surface area contributed by atoms with Gasteiger partial charge in [0, 0.05) is 26.2 Å². The molecule has 1 fully saturated rings. The molecule has 0 N–H and O–H groups in total. The van der Waals surface area contributed by atoms with E-state index in [0.29, 0.717) is 0 Å². The fourth-order valence-corrected chi connectivity index (χ4v) is 2.45. The van der Waals surface area contributed by atoms with E-state index >= 15 is 0 Å². The second-order valence-corrected chi connectivity index (χ2v) is 7.04. The van der Waals surface area contributed by atoms with Crippen LogP contribution in [0.1, 0.15) is 6.42 Å². The van der Waals surface area contributed by atoms with Gasteiger partial charge in [0.15, 0.2) is 0 Å². The summed E-state index contributed by atoms with van der Waals surface area (Å²) >= 11 is 5.17. The van der Waals surface area contributed by atoms with Gasteiger partial charge in [0.25, 0.3) is 0 Å². The van der Waals surface area contributed by atoms with Gasteiger partial charge >= 0.3 is 0 Å². The van der Waals surface area contributed by atoms with E-state index < -0.39 is 0 Å². The molecule has 0 aromatic rings. The van der Waals surface area contributed by atoms with Crippen molar-refractivity contribution in [1.29, 1.82) is 0 Å². The van der Waals surface area contributed by atoms with E-state index in [2.05, 4.69) is 23.1 Å². The van der Waals surface area contributed by atoms with Crippen molar-refractivity contribution in [3.8, 4) is 0 Å². The van der Waals surface area contributed by atoms with E-state index in [-0.39, 0.29) is 9.45 Å². The molecule has 2 nitrogen and oxygen atoms in total. The zero-order chi connectivity index (χ0) is 9.68. The minimum atomic E-state index is 0.219. The molecular formula is C9H20N2S2. The van der Waals surface area contributed by atoms with Crippen molar-refractivity contribution >= 4 is 20.6 Å². The van der Waals surface area contributed by atoms with E-state index in [4.69, 9.17) is 11.2 Å². The van der Waals surface area contributed by atoms with Gasteiger partial charge in [0.1, 0.15) is 0 Å². The number of nitrogens with zero attached hydrogens (tertiary/aromatic N) is 2. The molecule has 1 rings (SSSR count). The van der Waals surface area contributed by atoms with Crippen LogP contribution in [0.25, 0.3) is 0 Å². The Hall–Kier alpha value is 0.490. The Morgan fingerprint density at radius 3 is 2.38 bits per heavy atom. The van der Waals surface area contributed by atoms with Crippen LogP contribution in [0.2, 0.25) is 0 Å². The summed E-state index contributed by atoms with van der Waals surface area (Å²) in [4.78, 5) is 4.95. The minimum Gasteiger partial charge on any atom is -0.304 e.